The maximum atomic E-state index is 9.18. The number of ether oxygens (including phenoxy) is 1. The van der Waals surface area contributed by atoms with E-state index in [1.165, 1.54) is 0 Å². The zero-order valence-corrected chi connectivity index (χ0v) is 16.5. The Kier molecular flexibility index (Phi) is 6.73. The predicted molar refractivity (Wildman–Crippen MR) is 111 cm³/mol. The van der Waals surface area contributed by atoms with Gasteiger partial charge in [0.25, 0.3) is 0 Å². The summed E-state index contributed by atoms with van der Waals surface area (Å²) in [5.74, 6) is 0.697. The summed E-state index contributed by atoms with van der Waals surface area (Å²) in [7, 11) is 1.75. The quantitative estimate of drug-likeness (QED) is 0.567. The highest BCUT2D eigenvalue weighted by Gasteiger charge is 2.13. The van der Waals surface area contributed by atoms with Crippen LogP contribution in [0.2, 0.25) is 0 Å². The summed E-state index contributed by atoms with van der Waals surface area (Å²) in [5, 5.41) is 9.18. The number of imidazole rings is 1. The summed E-state index contributed by atoms with van der Waals surface area (Å²) in [5.41, 5.74) is 5.44. The number of nitrogens with one attached hydrogen (secondary N) is 1. The molecule has 1 saturated heterocycles. The van der Waals surface area contributed by atoms with E-state index in [0.717, 1.165) is 60.2 Å². The number of aliphatic hydroxyl groups is 1. The molecule has 7 nitrogen and oxygen atoms in total. The minimum Gasteiger partial charge on any atom is -0.396 e. The molecule has 1 fully saturated rings. The van der Waals surface area contributed by atoms with Crippen molar-refractivity contribution in [3.8, 4) is 11.5 Å². The zero-order chi connectivity index (χ0) is 19.9. The fourth-order valence-electron chi connectivity index (χ4n) is 3.16. The second-order valence-electron chi connectivity index (χ2n) is 6.64. The third-order valence-corrected chi connectivity index (χ3v) is 4.68. The van der Waals surface area contributed by atoms with Crippen LogP contribution in [-0.2, 0) is 11.2 Å². The Balaban J connectivity index is 1.90. The molecule has 2 N–H and O–H groups in total. The van der Waals surface area contributed by atoms with Crippen LogP contribution in [0.3, 0.4) is 0 Å². The van der Waals surface area contributed by atoms with Crippen molar-refractivity contribution in [2.45, 2.75) is 13.3 Å². The number of aromatic amines is 1. The zero-order valence-electron chi connectivity index (χ0n) is 16.5. The summed E-state index contributed by atoms with van der Waals surface area (Å²) in [4.78, 5) is 18.7. The monoisotopic (exact) mass is 381 g/mol. The van der Waals surface area contributed by atoms with Crippen molar-refractivity contribution in [1.29, 1.82) is 0 Å². The number of hydrogen-bond donors (Lipinski definition) is 2. The lowest BCUT2D eigenvalue weighted by molar-refractivity contribution is 0.0556. The van der Waals surface area contributed by atoms with Crippen LogP contribution >= 0.6 is 0 Å². The highest BCUT2D eigenvalue weighted by atomic mass is 16.5. The van der Waals surface area contributed by atoms with E-state index in [9.17, 15) is 5.11 Å². The number of pyridine rings is 1. The lowest BCUT2D eigenvalue weighted by atomic mass is 10.1. The molecule has 3 heterocycles. The number of aromatic nitrogens is 3. The van der Waals surface area contributed by atoms with Crippen LogP contribution in [0, 0.1) is 6.92 Å². The molecule has 0 aromatic carbocycles. The number of aliphatic imine (C=N–C) groups is 1. The number of aryl methyl sites for hydroxylation is 1. The van der Waals surface area contributed by atoms with Crippen LogP contribution in [-0.4, -0.2) is 71.1 Å². The fraction of sp³-hybridized carbons (Fsp3) is 0.381. The Bertz CT molecular complexity index is 879. The Morgan fingerprint density at radius 2 is 2.21 bits per heavy atom. The molecule has 0 spiro atoms. The smallest absolute Gasteiger partial charge is 0.156 e. The van der Waals surface area contributed by atoms with Crippen molar-refractivity contribution >= 4 is 11.8 Å². The van der Waals surface area contributed by atoms with E-state index in [1.54, 1.807) is 13.2 Å². The van der Waals surface area contributed by atoms with Crippen LogP contribution in [0.15, 0.2) is 41.7 Å². The molecule has 3 rings (SSSR count). The molecule has 0 unspecified atom stereocenters. The number of rotatable bonds is 7. The summed E-state index contributed by atoms with van der Waals surface area (Å²) in [6.45, 7) is 9.36. The third kappa shape index (κ3) is 4.74. The van der Waals surface area contributed by atoms with Crippen molar-refractivity contribution in [3.63, 3.8) is 0 Å². The molecule has 2 aromatic rings. The second kappa shape index (κ2) is 9.43. The van der Waals surface area contributed by atoms with E-state index in [4.69, 9.17) is 4.74 Å². The van der Waals surface area contributed by atoms with Gasteiger partial charge in [-0.1, -0.05) is 6.58 Å². The molecule has 7 heteroatoms. The van der Waals surface area contributed by atoms with Crippen LogP contribution in [0.5, 0.6) is 0 Å². The summed E-state index contributed by atoms with van der Waals surface area (Å²) in [6, 6.07) is 3.94. The van der Waals surface area contributed by atoms with Gasteiger partial charge in [0.1, 0.15) is 5.69 Å². The van der Waals surface area contributed by atoms with Crippen molar-refractivity contribution in [2.24, 2.45) is 4.99 Å². The normalized spacial score (nSPS) is 15.4. The van der Waals surface area contributed by atoms with Gasteiger partial charge in [0, 0.05) is 62.5 Å². The van der Waals surface area contributed by atoms with Crippen LogP contribution in [0.25, 0.3) is 17.1 Å². The van der Waals surface area contributed by atoms with Gasteiger partial charge in [-0.25, -0.2) is 4.98 Å². The minimum atomic E-state index is 0.0715. The number of morpholine rings is 1. The lowest BCUT2D eigenvalue weighted by Crippen LogP contribution is -2.34. The number of aliphatic hydroxyl groups excluding tert-OH is 1. The molecule has 2 aromatic heterocycles. The summed E-state index contributed by atoms with van der Waals surface area (Å²) >= 11 is 0. The molecule has 0 aliphatic carbocycles. The van der Waals surface area contributed by atoms with Crippen molar-refractivity contribution in [3.05, 3.63) is 53.6 Å². The maximum absolute atomic E-state index is 9.18. The molecule has 28 heavy (non-hydrogen) atoms. The number of hydrogen-bond acceptors (Lipinski definition) is 6. The van der Waals surface area contributed by atoms with Gasteiger partial charge in [-0.05, 0) is 30.7 Å². The Labute approximate surface area is 165 Å². The average Bonchev–Trinajstić information content (AvgIpc) is 3.09. The van der Waals surface area contributed by atoms with Crippen LogP contribution in [0.4, 0.5) is 0 Å². The SMILES string of the molecule is C=C(/C=C(\C=N/C)c1ccnc(-c2nc(CCO)c(C)[nH]2)c1)N1CCOCC1. The highest BCUT2D eigenvalue weighted by molar-refractivity contribution is 6.10. The molecular formula is C21H27N5O2. The highest BCUT2D eigenvalue weighted by Crippen LogP contribution is 2.22. The molecule has 1 aliphatic heterocycles. The molecule has 0 saturated carbocycles. The largest absolute Gasteiger partial charge is 0.396 e. The fourth-order valence-corrected chi connectivity index (χ4v) is 3.16. The van der Waals surface area contributed by atoms with E-state index in [-0.39, 0.29) is 6.61 Å². The van der Waals surface area contributed by atoms with Gasteiger partial charge in [0.05, 0.1) is 18.9 Å². The molecule has 0 amide bonds. The first-order valence-electron chi connectivity index (χ1n) is 9.41. The lowest BCUT2D eigenvalue weighted by Gasteiger charge is -2.29. The van der Waals surface area contributed by atoms with Crippen LogP contribution < -0.4 is 0 Å². The van der Waals surface area contributed by atoms with Gasteiger partial charge in [-0.3, -0.25) is 9.98 Å². The van der Waals surface area contributed by atoms with Crippen molar-refractivity contribution in [2.75, 3.05) is 40.0 Å². The van der Waals surface area contributed by atoms with E-state index in [0.29, 0.717) is 12.2 Å². The van der Waals surface area contributed by atoms with Crippen molar-refractivity contribution < 1.29 is 9.84 Å². The molecule has 0 bridgehead atoms. The third-order valence-electron chi connectivity index (χ3n) is 4.68. The van der Waals surface area contributed by atoms with Gasteiger partial charge >= 0.3 is 0 Å². The van der Waals surface area contributed by atoms with Gasteiger partial charge in [0.15, 0.2) is 5.82 Å². The molecule has 0 radical (unpaired) electrons. The average molecular weight is 381 g/mol. The van der Waals surface area contributed by atoms with Crippen molar-refractivity contribution in [1.82, 2.24) is 19.9 Å². The summed E-state index contributed by atoms with van der Waals surface area (Å²) in [6.07, 6.45) is 6.16. The Hall–Kier alpha value is -2.77. The van der Waals surface area contributed by atoms with Gasteiger partial charge in [0.2, 0.25) is 0 Å². The second-order valence-corrected chi connectivity index (χ2v) is 6.64. The maximum Gasteiger partial charge on any atom is 0.156 e. The topological polar surface area (TPSA) is 86.6 Å². The number of allylic oxidation sites excluding steroid dienone is 2. The standard InChI is InChI=1S/C21H27N5O2/c1-15(26-7-10-28-11-8-26)12-18(14-22-3)17-4-6-23-20(13-17)21-24-16(2)19(25-21)5-9-27/h4,6,12-14,27H,1,5,7-11H2,2-3H3,(H,24,25)/b18-12+,22-14-. The van der Waals surface area contributed by atoms with E-state index in [2.05, 4.69) is 31.4 Å². The first kappa shape index (κ1) is 20.0. The van der Waals surface area contributed by atoms with E-state index in [1.807, 2.05) is 31.3 Å². The Morgan fingerprint density at radius 3 is 2.93 bits per heavy atom. The number of nitrogens with zero attached hydrogens (tertiary/aromatic N) is 4. The molecule has 148 valence electrons. The number of H-pyrrole nitrogens is 1. The first-order valence-corrected chi connectivity index (χ1v) is 9.41. The van der Waals surface area contributed by atoms with E-state index < -0.39 is 0 Å². The van der Waals surface area contributed by atoms with Gasteiger partial charge in [-0.15, -0.1) is 0 Å². The first-order chi connectivity index (χ1) is 13.6. The predicted octanol–water partition coefficient (Wildman–Crippen LogP) is 2.24. The molecule has 1 aliphatic rings. The van der Waals surface area contributed by atoms with Crippen LogP contribution in [0.1, 0.15) is 17.0 Å². The molecule has 0 atom stereocenters. The molecular weight excluding hydrogens is 354 g/mol. The van der Waals surface area contributed by atoms with Gasteiger partial charge < -0.3 is 19.7 Å². The minimum absolute atomic E-state index is 0.0715. The van der Waals surface area contributed by atoms with Gasteiger partial charge in [-0.2, -0.15) is 0 Å². The summed E-state index contributed by atoms with van der Waals surface area (Å²) < 4.78 is 5.42. The van der Waals surface area contributed by atoms with E-state index >= 15 is 0 Å². The Morgan fingerprint density at radius 1 is 1.43 bits per heavy atom.